The second-order valence-electron chi connectivity index (χ2n) is 3.83. The Labute approximate surface area is 118 Å². The molecule has 0 aromatic carbocycles. The van der Waals surface area contributed by atoms with Gasteiger partial charge in [0.2, 0.25) is 0 Å². The zero-order valence-electron chi connectivity index (χ0n) is 8.92. The molecule has 3 N–H and O–H groups in total. The van der Waals surface area contributed by atoms with E-state index in [4.69, 9.17) is 5.11 Å². The van der Waals surface area contributed by atoms with E-state index in [2.05, 4.69) is 4.98 Å². The van der Waals surface area contributed by atoms with Crippen molar-refractivity contribution in [1.82, 2.24) is 9.55 Å². The lowest BCUT2D eigenvalue weighted by Gasteiger charge is -2.15. The molecule has 0 spiro atoms. The van der Waals surface area contributed by atoms with Crippen molar-refractivity contribution in [1.29, 1.82) is 0 Å². The Kier molecular flexibility index (Phi) is 4.14. The minimum atomic E-state index is -1.67. The first-order chi connectivity index (χ1) is 8.45. The summed E-state index contributed by atoms with van der Waals surface area (Å²) in [4.78, 5) is 24.9. The Hall–Kier alpha value is -0.390. The van der Waals surface area contributed by atoms with Gasteiger partial charge in [-0.25, -0.2) is 9.18 Å². The molecule has 2 heterocycles. The highest BCUT2D eigenvalue weighted by Gasteiger charge is 2.44. The van der Waals surface area contributed by atoms with Gasteiger partial charge in [0.25, 0.3) is 5.56 Å². The van der Waals surface area contributed by atoms with Gasteiger partial charge in [0.15, 0.2) is 6.17 Å². The van der Waals surface area contributed by atoms with E-state index in [-0.39, 0.29) is 10.2 Å². The lowest BCUT2D eigenvalue weighted by molar-refractivity contribution is 0.0630. The van der Waals surface area contributed by atoms with Crippen LogP contribution in [0.4, 0.5) is 4.39 Å². The Bertz CT molecular complexity index is 562. The molecule has 0 unspecified atom stereocenters. The summed E-state index contributed by atoms with van der Waals surface area (Å²) in [5, 5.41) is 16.9. The lowest BCUT2D eigenvalue weighted by atomic mass is 10.1. The van der Waals surface area contributed by atoms with Gasteiger partial charge in [-0.05, 0) is 22.6 Å². The molecule has 0 saturated carbocycles. The quantitative estimate of drug-likeness (QED) is 0.591. The van der Waals surface area contributed by atoms with Crippen molar-refractivity contribution in [2.24, 2.45) is 0 Å². The van der Waals surface area contributed by atoms with E-state index in [0.29, 0.717) is 0 Å². The summed E-state index contributed by atoms with van der Waals surface area (Å²) in [5.74, 6) is 0. The van der Waals surface area contributed by atoms with Crippen molar-refractivity contribution in [2.45, 2.75) is 22.9 Å². The monoisotopic (exact) mass is 388 g/mol. The first-order valence-corrected chi connectivity index (χ1v) is 7.07. The van der Waals surface area contributed by atoms with Crippen LogP contribution in [0.25, 0.3) is 0 Å². The smallest absolute Gasteiger partial charge is 0.329 e. The standard InChI is InChI=1S/C9H10FIN2O4S/c10-5-6(15)4(2-14)18-8(5)13-1-3(11)7(16)12-9(13)17/h1,4-6,8,14-15H,2H2,(H,12,16,17)/t4-,5+,6-,8+/m0/s1. The summed E-state index contributed by atoms with van der Waals surface area (Å²) >= 11 is 2.70. The van der Waals surface area contributed by atoms with E-state index in [0.717, 1.165) is 16.3 Å². The van der Waals surface area contributed by atoms with Gasteiger partial charge in [-0.3, -0.25) is 14.3 Å². The average molecular weight is 388 g/mol. The maximum Gasteiger partial charge on any atom is 0.329 e. The molecular weight excluding hydrogens is 378 g/mol. The second-order valence-corrected chi connectivity index (χ2v) is 6.35. The number of aliphatic hydroxyl groups is 2. The highest BCUT2D eigenvalue weighted by atomic mass is 127. The molecule has 0 aliphatic carbocycles. The molecule has 1 aromatic heterocycles. The minimum Gasteiger partial charge on any atom is -0.395 e. The number of rotatable bonds is 2. The van der Waals surface area contributed by atoms with Crippen LogP contribution >= 0.6 is 34.4 Å². The van der Waals surface area contributed by atoms with E-state index in [1.165, 1.54) is 6.20 Å². The van der Waals surface area contributed by atoms with Gasteiger partial charge in [-0.1, -0.05) is 0 Å². The highest BCUT2D eigenvalue weighted by molar-refractivity contribution is 14.1. The van der Waals surface area contributed by atoms with Crippen LogP contribution < -0.4 is 11.2 Å². The largest absolute Gasteiger partial charge is 0.395 e. The molecule has 1 aliphatic rings. The van der Waals surface area contributed by atoms with Crippen molar-refractivity contribution in [2.75, 3.05) is 6.61 Å². The van der Waals surface area contributed by atoms with Crippen LogP contribution in [0.3, 0.4) is 0 Å². The van der Waals surface area contributed by atoms with Crippen LogP contribution in [-0.2, 0) is 0 Å². The third-order valence-electron chi connectivity index (χ3n) is 2.67. The second kappa shape index (κ2) is 5.31. The van der Waals surface area contributed by atoms with Crippen LogP contribution in [0.5, 0.6) is 0 Å². The minimum absolute atomic E-state index is 0.252. The summed E-state index contributed by atoms with van der Waals surface area (Å²) in [5.41, 5.74) is -1.26. The van der Waals surface area contributed by atoms with E-state index in [1.54, 1.807) is 22.6 Å². The zero-order valence-corrected chi connectivity index (χ0v) is 11.9. The topological polar surface area (TPSA) is 95.3 Å². The van der Waals surface area contributed by atoms with Crippen molar-refractivity contribution in [3.8, 4) is 0 Å². The van der Waals surface area contributed by atoms with Crippen molar-refractivity contribution < 1.29 is 14.6 Å². The van der Waals surface area contributed by atoms with Crippen molar-refractivity contribution in [3.05, 3.63) is 30.6 Å². The van der Waals surface area contributed by atoms with Gasteiger partial charge >= 0.3 is 5.69 Å². The molecule has 9 heteroatoms. The number of aromatic nitrogens is 2. The summed E-state index contributed by atoms with van der Waals surface area (Å²) in [7, 11) is 0. The molecule has 2 rings (SSSR count). The number of nitrogens with zero attached hydrogens (tertiary/aromatic N) is 1. The highest BCUT2D eigenvalue weighted by Crippen LogP contribution is 2.42. The Morgan fingerprint density at radius 2 is 2.22 bits per heavy atom. The summed E-state index contributed by atoms with van der Waals surface area (Å²) in [6.07, 6.45) is -1.76. The number of hydrogen-bond acceptors (Lipinski definition) is 5. The van der Waals surface area contributed by atoms with Crippen LogP contribution in [-0.4, -0.2) is 43.9 Å². The molecule has 1 saturated heterocycles. The fourth-order valence-electron chi connectivity index (χ4n) is 1.73. The summed E-state index contributed by atoms with van der Waals surface area (Å²) in [6.45, 7) is -0.377. The van der Waals surface area contributed by atoms with Gasteiger partial charge < -0.3 is 10.2 Å². The average Bonchev–Trinajstić information content (AvgIpc) is 2.61. The Morgan fingerprint density at radius 3 is 2.78 bits per heavy atom. The predicted octanol–water partition coefficient (Wildman–Crippen LogP) is -0.553. The number of aromatic amines is 1. The van der Waals surface area contributed by atoms with Crippen LogP contribution in [0.1, 0.15) is 5.37 Å². The number of thioether (sulfide) groups is 1. The molecule has 0 radical (unpaired) electrons. The van der Waals surface area contributed by atoms with Gasteiger partial charge in [0.05, 0.1) is 15.4 Å². The fraction of sp³-hybridized carbons (Fsp3) is 0.556. The molecular formula is C9H10FIN2O4S. The number of alkyl halides is 1. The molecule has 6 nitrogen and oxygen atoms in total. The van der Waals surface area contributed by atoms with E-state index < -0.39 is 34.1 Å². The number of hydrogen-bond donors (Lipinski definition) is 3. The third kappa shape index (κ3) is 2.36. The fourth-order valence-corrected chi connectivity index (χ4v) is 3.52. The number of nitrogens with one attached hydrogen (secondary N) is 1. The predicted molar refractivity (Wildman–Crippen MR) is 72.4 cm³/mol. The molecule has 18 heavy (non-hydrogen) atoms. The SMILES string of the molecule is O=c1[nH]c(=O)n([C@@H]2S[C@@H](CO)[C@H](O)[C@H]2F)cc1I. The van der Waals surface area contributed by atoms with Crippen LogP contribution in [0.2, 0.25) is 0 Å². The van der Waals surface area contributed by atoms with Crippen LogP contribution in [0.15, 0.2) is 15.8 Å². The van der Waals surface area contributed by atoms with Gasteiger partial charge in [0, 0.05) is 6.20 Å². The molecule has 1 aliphatic heterocycles. The Balaban J connectivity index is 2.42. The maximum atomic E-state index is 13.9. The van der Waals surface area contributed by atoms with Crippen LogP contribution in [0, 0.1) is 3.57 Å². The van der Waals surface area contributed by atoms with Gasteiger partial charge in [-0.15, -0.1) is 11.8 Å². The summed E-state index contributed by atoms with van der Waals surface area (Å²) < 4.78 is 15.2. The molecule has 0 amide bonds. The Morgan fingerprint density at radius 1 is 1.56 bits per heavy atom. The van der Waals surface area contributed by atoms with E-state index in [1.807, 2.05) is 0 Å². The lowest BCUT2D eigenvalue weighted by Crippen LogP contribution is -2.36. The third-order valence-corrected chi connectivity index (χ3v) is 4.98. The molecule has 1 aromatic rings. The van der Waals surface area contributed by atoms with Gasteiger partial charge in [0.1, 0.15) is 11.5 Å². The maximum absolute atomic E-state index is 13.9. The first-order valence-electron chi connectivity index (χ1n) is 5.05. The molecule has 1 fully saturated rings. The first kappa shape index (κ1) is 14.0. The zero-order chi connectivity index (χ0) is 13.4. The van der Waals surface area contributed by atoms with Crippen molar-refractivity contribution >= 4 is 34.4 Å². The number of aliphatic hydroxyl groups excluding tert-OH is 2. The molecule has 0 bridgehead atoms. The molecule has 4 atom stereocenters. The summed E-state index contributed by atoms with van der Waals surface area (Å²) in [6, 6.07) is 0. The van der Waals surface area contributed by atoms with E-state index >= 15 is 0 Å². The van der Waals surface area contributed by atoms with E-state index in [9.17, 15) is 19.1 Å². The normalized spacial score (nSPS) is 31.8. The number of halogens is 2. The molecule has 100 valence electrons. The van der Waals surface area contributed by atoms with Crippen molar-refractivity contribution in [3.63, 3.8) is 0 Å². The van der Waals surface area contributed by atoms with Gasteiger partial charge in [-0.2, -0.15) is 0 Å². The number of H-pyrrole nitrogens is 1.